The molecule has 0 saturated heterocycles. The van der Waals surface area contributed by atoms with Crippen molar-refractivity contribution in [3.8, 4) is 11.1 Å². The average molecular weight is 239 g/mol. The molecule has 0 bridgehead atoms. The van der Waals surface area contributed by atoms with Crippen LogP contribution in [-0.4, -0.2) is 15.1 Å². The van der Waals surface area contributed by atoms with Crippen molar-refractivity contribution in [3.05, 3.63) is 47.9 Å². The van der Waals surface area contributed by atoms with Gasteiger partial charge in [-0.3, -0.25) is 4.98 Å². The lowest BCUT2D eigenvalue weighted by Gasteiger charge is -2.03. The number of aromatic nitrogens is 4. The highest BCUT2D eigenvalue weighted by Gasteiger charge is 2.10. The van der Waals surface area contributed by atoms with Crippen LogP contribution in [0.25, 0.3) is 22.2 Å². The van der Waals surface area contributed by atoms with E-state index in [0.29, 0.717) is 15.9 Å². The molecule has 0 aliphatic rings. The summed E-state index contributed by atoms with van der Waals surface area (Å²) in [7, 11) is 0. The number of nitrogen functional groups attached to an aromatic ring is 1. The highest BCUT2D eigenvalue weighted by molar-refractivity contribution is 5.79. The van der Waals surface area contributed by atoms with Crippen molar-refractivity contribution < 1.29 is 4.85 Å². The lowest BCUT2D eigenvalue weighted by molar-refractivity contribution is -0.641. The van der Waals surface area contributed by atoms with Crippen LogP contribution < -0.4 is 10.6 Å². The van der Waals surface area contributed by atoms with Crippen LogP contribution in [0.4, 0.5) is 5.95 Å². The fourth-order valence-electron chi connectivity index (χ4n) is 1.79. The number of benzene rings is 1. The molecule has 1 aromatic carbocycles. The molecule has 0 unspecified atom stereocenters. The Morgan fingerprint density at radius 2 is 1.83 bits per heavy atom. The lowest BCUT2D eigenvalue weighted by atomic mass is 10.1. The molecule has 2 N–H and O–H groups in total. The predicted octanol–water partition coefficient (Wildman–Crippen LogP) is 0.907. The van der Waals surface area contributed by atoms with Crippen molar-refractivity contribution in [2.75, 3.05) is 5.73 Å². The van der Waals surface area contributed by atoms with Gasteiger partial charge in [0.15, 0.2) is 0 Å². The molecule has 0 spiro atoms. The molecular formula is C12H9N5O. The summed E-state index contributed by atoms with van der Waals surface area (Å²) in [5.74, 6) is -0.0376. The highest BCUT2D eigenvalue weighted by Crippen LogP contribution is 2.21. The number of rotatable bonds is 1. The molecule has 0 saturated carbocycles. The van der Waals surface area contributed by atoms with E-state index in [4.69, 9.17) is 5.73 Å². The Morgan fingerprint density at radius 1 is 1.06 bits per heavy atom. The Morgan fingerprint density at radius 3 is 2.61 bits per heavy atom. The van der Waals surface area contributed by atoms with Gasteiger partial charge in [0.05, 0.1) is 5.10 Å². The summed E-state index contributed by atoms with van der Waals surface area (Å²) in [5, 5.41) is 15.0. The number of pyridine rings is 1. The average Bonchev–Trinajstić information content (AvgIpc) is 2.39. The Bertz CT molecular complexity index is 714. The van der Waals surface area contributed by atoms with Gasteiger partial charge in [0, 0.05) is 18.5 Å². The number of nitrogens with zero attached hydrogens (tertiary/aromatic N) is 4. The summed E-state index contributed by atoms with van der Waals surface area (Å²) < 4.78 is 0. The first-order valence-corrected chi connectivity index (χ1v) is 5.31. The molecule has 3 rings (SSSR count). The maximum Gasteiger partial charge on any atom is 0.288 e. The molecular weight excluding hydrogens is 230 g/mol. The Labute approximate surface area is 102 Å². The quantitative estimate of drug-likeness (QED) is 0.503. The smallest absolute Gasteiger partial charge is 0.288 e. The Balaban J connectivity index is 2.23. The third-order valence-corrected chi connectivity index (χ3v) is 2.62. The third kappa shape index (κ3) is 1.69. The van der Waals surface area contributed by atoms with E-state index in [-0.39, 0.29) is 5.95 Å². The molecule has 0 aliphatic heterocycles. The van der Waals surface area contributed by atoms with Gasteiger partial charge in [-0.15, -0.1) is 0 Å². The van der Waals surface area contributed by atoms with Gasteiger partial charge in [-0.05, 0) is 40.2 Å². The van der Waals surface area contributed by atoms with Crippen molar-refractivity contribution in [1.29, 1.82) is 0 Å². The molecule has 3 aromatic rings. The highest BCUT2D eigenvalue weighted by atomic mass is 16.5. The van der Waals surface area contributed by atoms with Gasteiger partial charge in [-0.1, -0.05) is 0 Å². The molecule has 2 aromatic heterocycles. The number of hydrogen-bond acceptors (Lipinski definition) is 5. The molecule has 0 fully saturated rings. The normalized spacial score (nSPS) is 10.7. The maximum absolute atomic E-state index is 11.5. The van der Waals surface area contributed by atoms with Crippen LogP contribution in [0.5, 0.6) is 0 Å². The van der Waals surface area contributed by atoms with Crippen molar-refractivity contribution in [1.82, 2.24) is 15.1 Å². The topological polar surface area (TPSA) is 91.6 Å². The van der Waals surface area contributed by atoms with Gasteiger partial charge in [-0.25, -0.2) is 4.98 Å². The maximum atomic E-state index is 11.5. The Kier molecular flexibility index (Phi) is 2.26. The standard InChI is InChI=1S/C12H9N5O/c13-12-15-10-7-9(8-3-5-14-6-4-8)1-2-11(10)17(18)16-12/h1-7H,(H2,13,15,16). The summed E-state index contributed by atoms with van der Waals surface area (Å²) in [6, 6.07) is 9.09. The van der Waals surface area contributed by atoms with E-state index in [1.165, 1.54) is 0 Å². The third-order valence-electron chi connectivity index (χ3n) is 2.62. The molecule has 88 valence electrons. The predicted molar refractivity (Wildman–Crippen MR) is 66.1 cm³/mol. The minimum absolute atomic E-state index is 0.0376. The van der Waals surface area contributed by atoms with E-state index in [0.717, 1.165) is 11.1 Å². The van der Waals surface area contributed by atoms with Gasteiger partial charge in [0.25, 0.3) is 11.5 Å². The summed E-state index contributed by atoms with van der Waals surface area (Å²) >= 11 is 0. The van der Waals surface area contributed by atoms with Crippen molar-refractivity contribution in [3.63, 3.8) is 0 Å². The zero-order valence-corrected chi connectivity index (χ0v) is 9.32. The van der Waals surface area contributed by atoms with Crippen LogP contribution in [0, 0.1) is 5.21 Å². The monoisotopic (exact) mass is 239 g/mol. The first kappa shape index (κ1) is 10.4. The fraction of sp³-hybridized carbons (Fsp3) is 0. The van der Waals surface area contributed by atoms with E-state index in [9.17, 15) is 5.21 Å². The molecule has 0 atom stereocenters. The van der Waals surface area contributed by atoms with Crippen molar-refractivity contribution in [2.24, 2.45) is 0 Å². The molecule has 2 heterocycles. The van der Waals surface area contributed by atoms with Crippen LogP contribution in [0.3, 0.4) is 0 Å². The van der Waals surface area contributed by atoms with E-state index in [1.54, 1.807) is 24.5 Å². The lowest BCUT2D eigenvalue weighted by Crippen LogP contribution is -2.33. The van der Waals surface area contributed by atoms with Crippen LogP contribution in [-0.2, 0) is 0 Å². The zero-order valence-electron chi connectivity index (χ0n) is 9.32. The Hall–Kier alpha value is -2.76. The van der Waals surface area contributed by atoms with Crippen LogP contribution in [0.2, 0.25) is 0 Å². The van der Waals surface area contributed by atoms with Crippen molar-refractivity contribution >= 4 is 17.0 Å². The molecule has 0 amide bonds. The van der Waals surface area contributed by atoms with Crippen LogP contribution >= 0.6 is 0 Å². The second-order valence-corrected chi connectivity index (χ2v) is 3.78. The largest absolute Gasteiger partial charge is 0.594 e. The van der Waals surface area contributed by atoms with Gasteiger partial charge >= 0.3 is 0 Å². The number of fused-ring (bicyclic) bond motifs is 1. The minimum Gasteiger partial charge on any atom is -0.594 e. The van der Waals surface area contributed by atoms with E-state index < -0.39 is 0 Å². The first-order chi connectivity index (χ1) is 8.74. The van der Waals surface area contributed by atoms with Gasteiger partial charge in [-0.2, -0.15) is 0 Å². The second kappa shape index (κ2) is 3.92. The minimum atomic E-state index is -0.0376. The molecule has 0 radical (unpaired) electrons. The van der Waals surface area contributed by atoms with Gasteiger partial charge < -0.3 is 10.9 Å². The second-order valence-electron chi connectivity index (χ2n) is 3.78. The van der Waals surface area contributed by atoms with Gasteiger partial charge in [0.1, 0.15) is 5.52 Å². The van der Waals surface area contributed by atoms with Crippen LogP contribution in [0.1, 0.15) is 0 Å². The molecule has 0 aliphatic carbocycles. The number of nitrogens with two attached hydrogens (primary N) is 1. The molecule has 18 heavy (non-hydrogen) atoms. The summed E-state index contributed by atoms with van der Waals surface area (Å²) in [4.78, 5) is 8.49. The van der Waals surface area contributed by atoms with Crippen LogP contribution in [0.15, 0.2) is 42.7 Å². The zero-order chi connectivity index (χ0) is 12.5. The fourth-order valence-corrected chi connectivity index (χ4v) is 1.79. The summed E-state index contributed by atoms with van der Waals surface area (Å²) in [6.45, 7) is 0. The van der Waals surface area contributed by atoms with E-state index in [2.05, 4.69) is 15.1 Å². The summed E-state index contributed by atoms with van der Waals surface area (Å²) in [6.07, 6.45) is 3.42. The number of hydrogen-bond donors (Lipinski definition) is 1. The molecule has 6 nitrogen and oxygen atoms in total. The van der Waals surface area contributed by atoms with E-state index >= 15 is 0 Å². The summed E-state index contributed by atoms with van der Waals surface area (Å²) in [5.41, 5.74) is 8.32. The number of anilines is 1. The van der Waals surface area contributed by atoms with E-state index in [1.807, 2.05) is 18.2 Å². The molecule has 6 heteroatoms. The first-order valence-electron chi connectivity index (χ1n) is 5.31. The SMILES string of the molecule is Nc1nc2cc(-c3ccncc3)ccc2[n+]([O-])n1. The van der Waals surface area contributed by atoms with Gasteiger partial charge in [0.2, 0.25) is 0 Å². The van der Waals surface area contributed by atoms with Crippen molar-refractivity contribution in [2.45, 2.75) is 0 Å².